The van der Waals surface area contributed by atoms with Crippen LogP contribution in [0.3, 0.4) is 0 Å². The van der Waals surface area contributed by atoms with Crippen LogP contribution in [0.5, 0.6) is 0 Å². The minimum atomic E-state index is 0.578. The standard InChI is InChI=1S/C16H11N5/c1-21-13-8-4-5-10(9-17)14(13)18-16(21)15-11-6-2-3-7-12(11)19-20-15/h2-8H,1H3,(H,19,20). The molecule has 2 aromatic carbocycles. The minimum absolute atomic E-state index is 0.578. The molecule has 0 bridgehead atoms. The first kappa shape index (κ1) is 11.7. The third-order valence-corrected chi connectivity index (χ3v) is 3.71. The van der Waals surface area contributed by atoms with Crippen molar-refractivity contribution in [2.24, 2.45) is 7.05 Å². The molecule has 0 aliphatic carbocycles. The molecule has 21 heavy (non-hydrogen) atoms. The highest BCUT2D eigenvalue weighted by atomic mass is 15.2. The number of imidazole rings is 1. The molecule has 4 rings (SSSR count). The zero-order valence-corrected chi connectivity index (χ0v) is 11.3. The van der Waals surface area contributed by atoms with Gasteiger partial charge in [0.2, 0.25) is 0 Å². The lowest BCUT2D eigenvalue weighted by atomic mass is 10.2. The van der Waals surface area contributed by atoms with Crippen LogP contribution in [-0.2, 0) is 7.05 Å². The third kappa shape index (κ3) is 1.56. The van der Waals surface area contributed by atoms with E-state index >= 15 is 0 Å². The Morgan fingerprint density at radius 1 is 1.14 bits per heavy atom. The minimum Gasteiger partial charge on any atom is -0.326 e. The van der Waals surface area contributed by atoms with Gasteiger partial charge in [-0.25, -0.2) is 4.98 Å². The van der Waals surface area contributed by atoms with Gasteiger partial charge in [0.05, 0.1) is 16.6 Å². The summed E-state index contributed by atoms with van der Waals surface area (Å²) in [5, 5.41) is 17.6. The molecule has 0 amide bonds. The molecule has 4 aromatic rings. The van der Waals surface area contributed by atoms with Gasteiger partial charge in [-0.3, -0.25) is 5.10 Å². The fourth-order valence-corrected chi connectivity index (χ4v) is 2.65. The fourth-order valence-electron chi connectivity index (χ4n) is 2.65. The molecular formula is C16H11N5. The topological polar surface area (TPSA) is 70.3 Å². The number of rotatable bonds is 1. The number of nitriles is 1. The van der Waals surface area contributed by atoms with E-state index in [-0.39, 0.29) is 0 Å². The third-order valence-electron chi connectivity index (χ3n) is 3.71. The quantitative estimate of drug-likeness (QED) is 0.579. The number of H-pyrrole nitrogens is 1. The Morgan fingerprint density at radius 2 is 2.00 bits per heavy atom. The van der Waals surface area contributed by atoms with Crippen molar-refractivity contribution < 1.29 is 0 Å². The van der Waals surface area contributed by atoms with Crippen LogP contribution < -0.4 is 0 Å². The van der Waals surface area contributed by atoms with E-state index in [0.29, 0.717) is 11.1 Å². The number of fused-ring (bicyclic) bond motifs is 2. The second kappa shape index (κ2) is 4.18. The number of nitrogens with one attached hydrogen (secondary N) is 1. The number of benzene rings is 2. The summed E-state index contributed by atoms with van der Waals surface area (Å²) in [6.07, 6.45) is 0. The lowest BCUT2D eigenvalue weighted by molar-refractivity contribution is 0.946. The van der Waals surface area contributed by atoms with Gasteiger partial charge in [0.1, 0.15) is 17.3 Å². The number of aromatic amines is 1. The number of nitrogens with zero attached hydrogens (tertiary/aromatic N) is 4. The van der Waals surface area contributed by atoms with Crippen LogP contribution in [0.1, 0.15) is 5.56 Å². The maximum Gasteiger partial charge on any atom is 0.162 e. The Balaban J connectivity index is 2.08. The van der Waals surface area contributed by atoms with Crippen molar-refractivity contribution in [3.63, 3.8) is 0 Å². The normalized spacial score (nSPS) is 11.0. The molecule has 2 heterocycles. The number of aryl methyl sites for hydroxylation is 1. The summed E-state index contributed by atoms with van der Waals surface area (Å²) in [5.74, 6) is 0.755. The molecule has 0 aliphatic rings. The lowest BCUT2D eigenvalue weighted by Gasteiger charge is -1.99. The van der Waals surface area contributed by atoms with Gasteiger partial charge in [-0.2, -0.15) is 10.4 Å². The summed E-state index contributed by atoms with van der Waals surface area (Å²) in [5.41, 5.74) is 3.99. The number of para-hydroxylation sites is 2. The van der Waals surface area contributed by atoms with Gasteiger partial charge in [-0.15, -0.1) is 0 Å². The first-order chi connectivity index (χ1) is 10.3. The lowest BCUT2D eigenvalue weighted by Crippen LogP contribution is -1.93. The summed E-state index contributed by atoms with van der Waals surface area (Å²) < 4.78 is 1.97. The largest absolute Gasteiger partial charge is 0.326 e. The van der Waals surface area contributed by atoms with E-state index in [1.165, 1.54) is 0 Å². The molecular weight excluding hydrogens is 262 g/mol. The summed E-state index contributed by atoms with van der Waals surface area (Å²) in [7, 11) is 1.94. The number of hydrogen-bond donors (Lipinski definition) is 1. The molecule has 0 unspecified atom stereocenters. The van der Waals surface area contributed by atoms with Gasteiger partial charge in [-0.1, -0.05) is 24.3 Å². The highest BCUT2D eigenvalue weighted by molar-refractivity contribution is 5.94. The molecule has 0 saturated heterocycles. The van der Waals surface area contributed by atoms with Crippen molar-refractivity contribution in [2.45, 2.75) is 0 Å². The van der Waals surface area contributed by atoms with Crippen LogP contribution in [0.4, 0.5) is 0 Å². The molecule has 0 aliphatic heterocycles. The fraction of sp³-hybridized carbons (Fsp3) is 0.0625. The second-order valence-corrected chi connectivity index (χ2v) is 4.90. The SMILES string of the molecule is Cn1c(-c2n[nH]c3ccccc23)nc2c(C#N)cccc21. The van der Waals surface area contributed by atoms with Crippen LogP contribution >= 0.6 is 0 Å². The van der Waals surface area contributed by atoms with E-state index in [1.54, 1.807) is 6.07 Å². The van der Waals surface area contributed by atoms with Crippen molar-refractivity contribution in [1.29, 1.82) is 5.26 Å². The zero-order chi connectivity index (χ0) is 14.4. The average Bonchev–Trinajstić information content (AvgIpc) is 3.09. The molecule has 2 aromatic heterocycles. The summed E-state index contributed by atoms with van der Waals surface area (Å²) in [4.78, 5) is 4.63. The van der Waals surface area contributed by atoms with E-state index in [4.69, 9.17) is 0 Å². The first-order valence-corrected chi connectivity index (χ1v) is 6.58. The van der Waals surface area contributed by atoms with Crippen molar-refractivity contribution in [2.75, 3.05) is 0 Å². The van der Waals surface area contributed by atoms with Crippen LogP contribution in [0, 0.1) is 11.3 Å². The van der Waals surface area contributed by atoms with E-state index in [1.807, 2.05) is 48.0 Å². The zero-order valence-electron chi connectivity index (χ0n) is 11.3. The molecule has 1 N–H and O–H groups in total. The van der Waals surface area contributed by atoms with Crippen molar-refractivity contribution >= 4 is 21.9 Å². The summed E-state index contributed by atoms with van der Waals surface area (Å²) in [6.45, 7) is 0. The monoisotopic (exact) mass is 273 g/mol. The molecule has 0 spiro atoms. The predicted molar refractivity (Wildman–Crippen MR) is 80.5 cm³/mol. The van der Waals surface area contributed by atoms with Crippen molar-refractivity contribution in [1.82, 2.24) is 19.7 Å². The summed E-state index contributed by atoms with van der Waals surface area (Å²) >= 11 is 0. The Labute approximate surface area is 120 Å². The molecule has 0 atom stereocenters. The number of aromatic nitrogens is 4. The molecule has 5 nitrogen and oxygen atoms in total. The Kier molecular flexibility index (Phi) is 2.33. The molecule has 100 valence electrons. The van der Waals surface area contributed by atoms with Crippen molar-refractivity contribution in [3.8, 4) is 17.6 Å². The van der Waals surface area contributed by atoms with E-state index in [9.17, 15) is 5.26 Å². The predicted octanol–water partition coefficient (Wildman–Crippen LogP) is 2.99. The highest BCUT2D eigenvalue weighted by Crippen LogP contribution is 2.28. The van der Waals surface area contributed by atoms with Gasteiger partial charge in [-0.05, 0) is 18.2 Å². The Hall–Kier alpha value is -3.13. The van der Waals surface area contributed by atoms with Gasteiger partial charge in [0.15, 0.2) is 5.82 Å². The van der Waals surface area contributed by atoms with Gasteiger partial charge in [0.25, 0.3) is 0 Å². The van der Waals surface area contributed by atoms with E-state index < -0.39 is 0 Å². The van der Waals surface area contributed by atoms with Crippen LogP contribution in [0.15, 0.2) is 42.5 Å². The van der Waals surface area contributed by atoms with E-state index in [0.717, 1.165) is 27.9 Å². The van der Waals surface area contributed by atoms with Crippen LogP contribution in [-0.4, -0.2) is 19.7 Å². The smallest absolute Gasteiger partial charge is 0.162 e. The van der Waals surface area contributed by atoms with Gasteiger partial charge in [0, 0.05) is 12.4 Å². The molecule has 0 saturated carbocycles. The Bertz CT molecular complexity index is 1020. The maximum atomic E-state index is 9.22. The maximum absolute atomic E-state index is 9.22. The molecule has 0 fully saturated rings. The second-order valence-electron chi connectivity index (χ2n) is 4.90. The Morgan fingerprint density at radius 3 is 2.86 bits per heavy atom. The summed E-state index contributed by atoms with van der Waals surface area (Å²) in [6, 6.07) is 15.7. The van der Waals surface area contributed by atoms with Gasteiger partial charge < -0.3 is 4.57 Å². The van der Waals surface area contributed by atoms with Crippen molar-refractivity contribution in [3.05, 3.63) is 48.0 Å². The molecule has 5 heteroatoms. The van der Waals surface area contributed by atoms with Crippen LogP contribution in [0.2, 0.25) is 0 Å². The first-order valence-electron chi connectivity index (χ1n) is 6.58. The number of hydrogen-bond acceptors (Lipinski definition) is 3. The molecule has 0 radical (unpaired) electrons. The van der Waals surface area contributed by atoms with Gasteiger partial charge >= 0.3 is 0 Å². The van der Waals surface area contributed by atoms with Crippen LogP contribution in [0.25, 0.3) is 33.5 Å². The van der Waals surface area contributed by atoms with E-state index in [2.05, 4.69) is 21.3 Å². The average molecular weight is 273 g/mol. The highest BCUT2D eigenvalue weighted by Gasteiger charge is 2.16.